The quantitative estimate of drug-likeness (QED) is 0.595. The van der Waals surface area contributed by atoms with Crippen LogP contribution >= 0.6 is 0 Å². The van der Waals surface area contributed by atoms with Crippen molar-refractivity contribution in [3.05, 3.63) is 35.9 Å². The molecule has 1 aromatic carbocycles. The molecule has 7 heteroatoms. The molecule has 0 saturated heterocycles. The van der Waals surface area contributed by atoms with E-state index in [1.54, 1.807) is 4.90 Å². The number of carbonyl (C=O) groups is 3. The predicted molar refractivity (Wildman–Crippen MR) is 85.8 cm³/mol. The number of hydrogen-bond acceptors (Lipinski definition) is 3. The highest BCUT2D eigenvalue weighted by molar-refractivity contribution is 5.84. The third-order valence-corrected chi connectivity index (χ3v) is 3.20. The smallest absolute Gasteiger partial charge is 0.315 e. The molecule has 0 aromatic heterocycles. The number of urea groups is 1. The maximum Gasteiger partial charge on any atom is 0.315 e. The molecule has 0 heterocycles. The van der Waals surface area contributed by atoms with E-state index in [-0.39, 0.29) is 25.4 Å². The van der Waals surface area contributed by atoms with Crippen LogP contribution in [0.25, 0.3) is 0 Å². The van der Waals surface area contributed by atoms with E-state index in [4.69, 9.17) is 5.11 Å². The molecule has 0 saturated carbocycles. The lowest BCUT2D eigenvalue weighted by Crippen LogP contribution is -2.43. The number of hydrogen-bond donors (Lipinski definition) is 3. The molecule has 3 amide bonds. The lowest BCUT2D eigenvalue weighted by atomic mass is 10.2. The van der Waals surface area contributed by atoms with Crippen molar-refractivity contribution in [2.75, 3.05) is 19.6 Å². The fourth-order valence-electron chi connectivity index (χ4n) is 1.95. The maximum atomic E-state index is 12.1. The van der Waals surface area contributed by atoms with Gasteiger partial charge in [0.25, 0.3) is 0 Å². The summed E-state index contributed by atoms with van der Waals surface area (Å²) < 4.78 is 0. The Balaban J connectivity index is 2.30. The molecule has 1 rings (SSSR count). The van der Waals surface area contributed by atoms with Gasteiger partial charge in [0, 0.05) is 26.1 Å². The van der Waals surface area contributed by atoms with Crippen LogP contribution in [0.3, 0.4) is 0 Å². The van der Waals surface area contributed by atoms with Gasteiger partial charge in [-0.3, -0.25) is 9.59 Å². The van der Waals surface area contributed by atoms with Crippen molar-refractivity contribution in [2.45, 2.75) is 26.3 Å². The molecule has 7 nitrogen and oxygen atoms in total. The average molecular weight is 321 g/mol. The summed E-state index contributed by atoms with van der Waals surface area (Å²) in [5.74, 6) is -1.07. The number of benzene rings is 1. The molecule has 0 aliphatic rings. The fraction of sp³-hybridized carbons (Fsp3) is 0.438. The fourth-order valence-corrected chi connectivity index (χ4v) is 1.95. The van der Waals surface area contributed by atoms with Crippen molar-refractivity contribution in [1.29, 1.82) is 0 Å². The minimum absolute atomic E-state index is 0.000101. The Bertz CT molecular complexity index is 519. The topological polar surface area (TPSA) is 98.7 Å². The summed E-state index contributed by atoms with van der Waals surface area (Å²) >= 11 is 0. The second-order valence-electron chi connectivity index (χ2n) is 5.00. The zero-order valence-electron chi connectivity index (χ0n) is 13.2. The van der Waals surface area contributed by atoms with Gasteiger partial charge in [-0.05, 0) is 18.9 Å². The molecule has 0 spiro atoms. The average Bonchev–Trinajstić information content (AvgIpc) is 2.55. The van der Waals surface area contributed by atoms with Crippen LogP contribution < -0.4 is 10.6 Å². The van der Waals surface area contributed by atoms with Crippen LogP contribution in [0, 0.1) is 0 Å². The van der Waals surface area contributed by atoms with E-state index in [9.17, 15) is 14.4 Å². The predicted octanol–water partition coefficient (Wildman–Crippen LogP) is 1.20. The summed E-state index contributed by atoms with van der Waals surface area (Å²) in [6.45, 7) is 3.10. The molecule has 126 valence electrons. The zero-order chi connectivity index (χ0) is 17.1. The van der Waals surface area contributed by atoms with E-state index < -0.39 is 12.0 Å². The molecule has 1 aromatic rings. The van der Waals surface area contributed by atoms with E-state index in [2.05, 4.69) is 10.6 Å². The van der Waals surface area contributed by atoms with Gasteiger partial charge >= 0.3 is 12.0 Å². The van der Waals surface area contributed by atoms with Gasteiger partial charge < -0.3 is 20.6 Å². The number of amides is 3. The van der Waals surface area contributed by atoms with Gasteiger partial charge in [-0.15, -0.1) is 0 Å². The van der Waals surface area contributed by atoms with Gasteiger partial charge in [-0.2, -0.15) is 0 Å². The molecule has 0 aliphatic carbocycles. The van der Waals surface area contributed by atoms with Gasteiger partial charge in [0.05, 0.1) is 6.54 Å². The molecule has 0 fully saturated rings. The van der Waals surface area contributed by atoms with Crippen molar-refractivity contribution in [3.8, 4) is 0 Å². The number of nitrogens with zero attached hydrogens (tertiary/aromatic N) is 1. The molecule has 0 unspecified atom stereocenters. The molecular weight excluding hydrogens is 298 g/mol. The van der Waals surface area contributed by atoms with Crippen LogP contribution in [0.5, 0.6) is 0 Å². The van der Waals surface area contributed by atoms with Crippen molar-refractivity contribution < 1.29 is 19.5 Å². The number of carbonyl (C=O) groups excluding carboxylic acids is 2. The lowest BCUT2D eigenvalue weighted by molar-refractivity contribution is -0.137. The van der Waals surface area contributed by atoms with Gasteiger partial charge in [0.2, 0.25) is 5.91 Å². The SMILES string of the molecule is CCN(Cc1ccccc1)C(=O)CNC(=O)NCCCC(=O)O. The van der Waals surface area contributed by atoms with E-state index in [1.165, 1.54) is 0 Å². The first-order valence-electron chi connectivity index (χ1n) is 7.58. The van der Waals surface area contributed by atoms with Gasteiger partial charge in [-0.1, -0.05) is 30.3 Å². The summed E-state index contributed by atoms with van der Waals surface area (Å²) in [5.41, 5.74) is 1.03. The minimum atomic E-state index is -0.901. The molecular formula is C16H23N3O4. The first kappa shape index (κ1) is 18.5. The Kier molecular flexibility index (Phi) is 8.20. The zero-order valence-corrected chi connectivity index (χ0v) is 13.2. The summed E-state index contributed by atoms with van der Waals surface area (Å²) in [7, 11) is 0. The van der Waals surface area contributed by atoms with E-state index in [0.717, 1.165) is 5.56 Å². The maximum absolute atomic E-state index is 12.1. The lowest BCUT2D eigenvalue weighted by Gasteiger charge is -2.21. The highest BCUT2D eigenvalue weighted by atomic mass is 16.4. The largest absolute Gasteiger partial charge is 0.481 e. The molecule has 0 bridgehead atoms. The first-order chi connectivity index (χ1) is 11.0. The van der Waals surface area contributed by atoms with Crippen LogP contribution in [0.4, 0.5) is 4.79 Å². The first-order valence-corrected chi connectivity index (χ1v) is 7.58. The Morgan fingerprint density at radius 2 is 1.83 bits per heavy atom. The molecule has 23 heavy (non-hydrogen) atoms. The Morgan fingerprint density at radius 1 is 1.13 bits per heavy atom. The van der Waals surface area contributed by atoms with Gasteiger partial charge in [0.15, 0.2) is 0 Å². The normalized spacial score (nSPS) is 9.96. The summed E-state index contributed by atoms with van der Waals surface area (Å²) in [6.07, 6.45) is 0.353. The Hall–Kier alpha value is -2.57. The number of nitrogens with one attached hydrogen (secondary N) is 2. The van der Waals surface area contributed by atoms with E-state index in [0.29, 0.717) is 19.5 Å². The van der Waals surface area contributed by atoms with Crippen molar-refractivity contribution in [2.24, 2.45) is 0 Å². The van der Waals surface area contributed by atoms with Crippen molar-refractivity contribution in [3.63, 3.8) is 0 Å². The van der Waals surface area contributed by atoms with E-state index in [1.807, 2.05) is 37.3 Å². The van der Waals surface area contributed by atoms with Gasteiger partial charge in [0.1, 0.15) is 0 Å². The van der Waals surface area contributed by atoms with Crippen LogP contribution in [-0.4, -0.2) is 47.5 Å². The van der Waals surface area contributed by atoms with E-state index >= 15 is 0 Å². The summed E-state index contributed by atoms with van der Waals surface area (Å²) in [5, 5.41) is 13.5. The van der Waals surface area contributed by atoms with Crippen LogP contribution in [0.15, 0.2) is 30.3 Å². The number of likely N-dealkylation sites (N-methyl/N-ethyl adjacent to an activating group) is 1. The number of carboxylic acids is 1. The molecule has 0 aliphatic heterocycles. The summed E-state index contributed by atoms with van der Waals surface area (Å²) in [6, 6.07) is 9.15. The second-order valence-corrected chi connectivity index (χ2v) is 5.00. The third-order valence-electron chi connectivity index (χ3n) is 3.20. The highest BCUT2D eigenvalue weighted by Crippen LogP contribution is 2.04. The minimum Gasteiger partial charge on any atom is -0.481 e. The van der Waals surface area contributed by atoms with Gasteiger partial charge in [-0.25, -0.2) is 4.79 Å². The number of rotatable bonds is 9. The monoisotopic (exact) mass is 321 g/mol. The van der Waals surface area contributed by atoms with Crippen molar-refractivity contribution >= 4 is 17.9 Å². The third kappa shape index (κ3) is 7.85. The Labute approximate surface area is 135 Å². The Morgan fingerprint density at radius 3 is 2.43 bits per heavy atom. The van der Waals surface area contributed by atoms with Crippen molar-refractivity contribution in [1.82, 2.24) is 15.5 Å². The summed E-state index contributed by atoms with van der Waals surface area (Å²) in [4.78, 5) is 35.6. The standard InChI is InChI=1S/C16H23N3O4/c1-2-19(12-13-7-4-3-5-8-13)14(20)11-18-16(23)17-10-6-9-15(21)22/h3-5,7-8H,2,6,9-12H2,1H3,(H,21,22)(H2,17,18,23). The number of aliphatic carboxylic acids is 1. The van der Waals surface area contributed by atoms with Crippen LogP contribution in [0.2, 0.25) is 0 Å². The molecule has 0 radical (unpaired) electrons. The second kappa shape index (κ2) is 10.2. The number of carboxylic acid groups (broad SMARTS) is 1. The highest BCUT2D eigenvalue weighted by Gasteiger charge is 2.13. The van der Waals surface area contributed by atoms with Crippen LogP contribution in [0.1, 0.15) is 25.3 Å². The van der Waals surface area contributed by atoms with Crippen LogP contribution in [-0.2, 0) is 16.1 Å². The molecule has 0 atom stereocenters. The molecule has 3 N–H and O–H groups in total.